The third-order valence-corrected chi connectivity index (χ3v) is 3.08. The maximum absolute atomic E-state index is 12.1. The highest BCUT2D eigenvalue weighted by molar-refractivity contribution is 5.89. The zero-order valence-corrected chi connectivity index (χ0v) is 12.4. The molecule has 2 atom stereocenters. The lowest BCUT2D eigenvalue weighted by atomic mass is 10.1. The molecule has 0 bridgehead atoms. The highest BCUT2D eigenvalue weighted by Gasteiger charge is 2.24. The smallest absolute Gasteiger partial charge is 0.244 e. The van der Waals surface area contributed by atoms with E-state index >= 15 is 0 Å². The minimum Gasteiger partial charge on any atom is -0.383 e. The molecule has 6 nitrogen and oxygen atoms in total. The van der Waals surface area contributed by atoms with E-state index in [1.54, 1.807) is 11.8 Å². The van der Waals surface area contributed by atoms with Gasteiger partial charge in [0.05, 0.1) is 6.61 Å². The molecule has 19 heavy (non-hydrogen) atoms. The standard InChI is InChI=1S/C12H23N3O3.ClH/c1-9(14-11(16)10(13)8-18-2)12(17)15-6-4-3-5-7-15;/h9-10H,3-8,13H2,1-2H3,(H,14,16);1H/t9-,10?;/m0./s1. The number of carbonyl (C=O) groups excluding carboxylic acids is 2. The number of piperidine rings is 1. The van der Waals surface area contributed by atoms with Gasteiger partial charge in [0.1, 0.15) is 12.1 Å². The van der Waals surface area contributed by atoms with Gasteiger partial charge >= 0.3 is 0 Å². The number of hydrogen-bond acceptors (Lipinski definition) is 4. The first-order valence-electron chi connectivity index (χ1n) is 6.40. The Morgan fingerprint density at radius 3 is 2.42 bits per heavy atom. The van der Waals surface area contributed by atoms with E-state index < -0.39 is 12.1 Å². The fourth-order valence-electron chi connectivity index (χ4n) is 2.03. The maximum atomic E-state index is 12.1. The number of carbonyl (C=O) groups is 2. The van der Waals surface area contributed by atoms with Crippen molar-refractivity contribution < 1.29 is 14.3 Å². The van der Waals surface area contributed by atoms with Crippen LogP contribution in [0.25, 0.3) is 0 Å². The van der Waals surface area contributed by atoms with Gasteiger partial charge in [-0.1, -0.05) is 0 Å². The molecular weight excluding hydrogens is 270 g/mol. The molecule has 3 N–H and O–H groups in total. The molecule has 1 rings (SSSR count). The van der Waals surface area contributed by atoms with E-state index in [9.17, 15) is 9.59 Å². The lowest BCUT2D eigenvalue weighted by Gasteiger charge is -2.29. The van der Waals surface area contributed by atoms with E-state index in [0.29, 0.717) is 0 Å². The number of rotatable bonds is 5. The molecule has 1 saturated heterocycles. The Morgan fingerprint density at radius 2 is 1.89 bits per heavy atom. The second-order valence-corrected chi connectivity index (χ2v) is 4.68. The Labute approximate surface area is 120 Å². The molecule has 2 amide bonds. The van der Waals surface area contributed by atoms with Crippen LogP contribution < -0.4 is 11.1 Å². The summed E-state index contributed by atoms with van der Waals surface area (Å²) in [6.07, 6.45) is 3.24. The van der Waals surface area contributed by atoms with Crippen molar-refractivity contribution in [2.45, 2.75) is 38.3 Å². The summed E-state index contributed by atoms with van der Waals surface area (Å²) in [7, 11) is 1.48. The van der Waals surface area contributed by atoms with Gasteiger partial charge in [0.2, 0.25) is 11.8 Å². The van der Waals surface area contributed by atoms with E-state index in [-0.39, 0.29) is 30.8 Å². The number of nitrogens with two attached hydrogens (primary N) is 1. The van der Waals surface area contributed by atoms with Crippen LogP contribution in [0.1, 0.15) is 26.2 Å². The number of nitrogens with zero attached hydrogens (tertiary/aromatic N) is 1. The SMILES string of the molecule is COCC(N)C(=O)N[C@@H](C)C(=O)N1CCCCC1.Cl. The molecule has 112 valence electrons. The fourth-order valence-corrected chi connectivity index (χ4v) is 2.03. The topological polar surface area (TPSA) is 84.7 Å². The first kappa shape index (κ1) is 18.1. The zero-order chi connectivity index (χ0) is 13.5. The van der Waals surface area contributed by atoms with Crippen LogP contribution in [0, 0.1) is 0 Å². The first-order valence-corrected chi connectivity index (χ1v) is 6.40. The maximum Gasteiger partial charge on any atom is 0.244 e. The summed E-state index contributed by atoms with van der Waals surface area (Å²) in [4.78, 5) is 25.5. The molecule has 0 aliphatic carbocycles. The summed E-state index contributed by atoms with van der Waals surface area (Å²) >= 11 is 0. The van der Waals surface area contributed by atoms with Crippen molar-refractivity contribution in [2.24, 2.45) is 5.73 Å². The van der Waals surface area contributed by atoms with E-state index in [0.717, 1.165) is 25.9 Å². The molecule has 1 heterocycles. The fraction of sp³-hybridized carbons (Fsp3) is 0.833. The van der Waals surface area contributed by atoms with Crippen LogP contribution in [0.15, 0.2) is 0 Å². The van der Waals surface area contributed by atoms with Gasteiger partial charge in [0.25, 0.3) is 0 Å². The minimum atomic E-state index is -0.730. The van der Waals surface area contributed by atoms with E-state index in [2.05, 4.69) is 5.32 Å². The van der Waals surface area contributed by atoms with Crippen LogP contribution in [0.3, 0.4) is 0 Å². The monoisotopic (exact) mass is 293 g/mol. The number of ether oxygens (including phenoxy) is 1. The Bertz CT molecular complexity index is 296. The number of hydrogen-bond donors (Lipinski definition) is 2. The van der Waals surface area contributed by atoms with Gasteiger partial charge in [-0.05, 0) is 26.2 Å². The van der Waals surface area contributed by atoms with Crippen molar-refractivity contribution in [2.75, 3.05) is 26.8 Å². The second-order valence-electron chi connectivity index (χ2n) is 4.68. The Balaban J connectivity index is 0.00000324. The molecule has 0 spiro atoms. The van der Waals surface area contributed by atoms with Gasteiger partial charge in [-0.15, -0.1) is 12.4 Å². The summed E-state index contributed by atoms with van der Waals surface area (Å²) in [6.45, 7) is 3.40. The van der Waals surface area contributed by atoms with Crippen molar-refractivity contribution in [3.63, 3.8) is 0 Å². The zero-order valence-electron chi connectivity index (χ0n) is 11.6. The van der Waals surface area contributed by atoms with Gasteiger partial charge in [0, 0.05) is 20.2 Å². The summed E-state index contributed by atoms with van der Waals surface area (Å²) in [5.41, 5.74) is 5.59. The average molecular weight is 294 g/mol. The van der Waals surface area contributed by atoms with Crippen LogP contribution in [-0.2, 0) is 14.3 Å². The number of likely N-dealkylation sites (tertiary alicyclic amines) is 1. The quantitative estimate of drug-likeness (QED) is 0.741. The number of amides is 2. The van der Waals surface area contributed by atoms with Gasteiger partial charge in [-0.2, -0.15) is 0 Å². The van der Waals surface area contributed by atoms with Crippen LogP contribution in [0.4, 0.5) is 0 Å². The van der Waals surface area contributed by atoms with Gasteiger partial charge in [-0.25, -0.2) is 0 Å². The van der Waals surface area contributed by atoms with E-state index in [1.807, 2.05) is 0 Å². The van der Waals surface area contributed by atoms with Crippen molar-refractivity contribution in [3.05, 3.63) is 0 Å². The predicted octanol–water partition coefficient (Wildman–Crippen LogP) is -0.101. The largest absolute Gasteiger partial charge is 0.383 e. The average Bonchev–Trinajstić information content (AvgIpc) is 2.39. The van der Waals surface area contributed by atoms with Crippen LogP contribution >= 0.6 is 12.4 Å². The lowest BCUT2D eigenvalue weighted by molar-refractivity contribution is -0.137. The van der Waals surface area contributed by atoms with Crippen LogP contribution in [-0.4, -0.2) is 55.6 Å². The van der Waals surface area contributed by atoms with Crippen molar-refractivity contribution >= 4 is 24.2 Å². The predicted molar refractivity (Wildman–Crippen MR) is 75.1 cm³/mol. The molecule has 1 fully saturated rings. The normalized spacial score (nSPS) is 18.2. The molecule has 7 heteroatoms. The van der Waals surface area contributed by atoms with Gasteiger partial charge in [0.15, 0.2) is 0 Å². The van der Waals surface area contributed by atoms with Crippen molar-refractivity contribution in [3.8, 4) is 0 Å². The van der Waals surface area contributed by atoms with Gasteiger partial charge in [-0.3, -0.25) is 9.59 Å². The Morgan fingerprint density at radius 1 is 1.32 bits per heavy atom. The molecule has 0 saturated carbocycles. The number of nitrogens with one attached hydrogen (secondary N) is 1. The lowest BCUT2D eigenvalue weighted by Crippen LogP contribution is -2.53. The Kier molecular flexibility index (Phi) is 8.71. The molecule has 0 aromatic carbocycles. The molecule has 0 aromatic rings. The summed E-state index contributed by atoms with van der Waals surface area (Å²) in [5.74, 6) is -0.387. The number of halogens is 1. The number of methoxy groups -OCH3 is 1. The summed E-state index contributed by atoms with van der Waals surface area (Å²) in [5, 5.41) is 2.63. The molecule has 1 aliphatic heterocycles. The summed E-state index contributed by atoms with van der Waals surface area (Å²) in [6, 6.07) is -1.26. The van der Waals surface area contributed by atoms with E-state index in [1.165, 1.54) is 13.5 Å². The highest BCUT2D eigenvalue weighted by Crippen LogP contribution is 2.09. The first-order chi connectivity index (χ1) is 8.56. The van der Waals surface area contributed by atoms with Crippen molar-refractivity contribution in [1.29, 1.82) is 0 Å². The molecule has 0 aromatic heterocycles. The summed E-state index contributed by atoms with van der Waals surface area (Å²) < 4.78 is 4.80. The highest BCUT2D eigenvalue weighted by atomic mass is 35.5. The van der Waals surface area contributed by atoms with Crippen LogP contribution in [0.2, 0.25) is 0 Å². The van der Waals surface area contributed by atoms with Crippen LogP contribution in [0.5, 0.6) is 0 Å². The molecular formula is C12H24ClN3O3. The minimum absolute atomic E-state index is 0. The third kappa shape index (κ3) is 5.76. The van der Waals surface area contributed by atoms with Gasteiger partial charge < -0.3 is 20.7 Å². The Hall–Kier alpha value is -0.850. The molecule has 1 unspecified atom stereocenters. The second kappa shape index (κ2) is 9.12. The molecule has 1 aliphatic rings. The molecule has 0 radical (unpaired) electrons. The van der Waals surface area contributed by atoms with Crippen molar-refractivity contribution in [1.82, 2.24) is 10.2 Å². The van der Waals surface area contributed by atoms with E-state index in [4.69, 9.17) is 10.5 Å². The third-order valence-electron chi connectivity index (χ3n) is 3.08.